The van der Waals surface area contributed by atoms with Crippen molar-refractivity contribution in [2.24, 2.45) is 22.7 Å². The Kier molecular flexibility index (Phi) is 23.7. The molecule has 0 saturated carbocycles. The summed E-state index contributed by atoms with van der Waals surface area (Å²) in [7, 11) is 0. The number of aliphatic carboxylic acids is 6. The van der Waals surface area contributed by atoms with E-state index in [1.807, 2.05) is 0 Å². The van der Waals surface area contributed by atoms with Gasteiger partial charge in [0.25, 0.3) is 0 Å². The Morgan fingerprint density at radius 3 is 0.732 bits per heavy atom. The molecular formula is C24H40O14Zn3. The van der Waals surface area contributed by atoms with Gasteiger partial charge in [-0.25, -0.2) is 9.59 Å². The largest absolute Gasteiger partial charge is 0.481 e. The normalized spacial score (nSPS) is 15.2. The van der Waals surface area contributed by atoms with Crippen LogP contribution in [0.15, 0.2) is 0 Å². The molecule has 0 aromatic rings. The molecule has 0 spiro atoms. The van der Waals surface area contributed by atoms with Gasteiger partial charge >= 0.3 is 35.8 Å². The summed E-state index contributed by atoms with van der Waals surface area (Å²) in [5, 5.41) is 76.2. The maximum Gasteiger partial charge on any atom is 0.337 e. The fourth-order valence-electron chi connectivity index (χ4n) is 5.18. The first-order valence-electron chi connectivity index (χ1n) is 12.1. The van der Waals surface area contributed by atoms with Crippen molar-refractivity contribution in [1.82, 2.24) is 0 Å². The van der Waals surface area contributed by atoms with Crippen molar-refractivity contribution in [1.29, 1.82) is 0 Å². The predicted molar refractivity (Wildman–Crippen MR) is 129 cm³/mol. The average molecular weight is 749 g/mol. The van der Waals surface area contributed by atoms with Gasteiger partial charge in [0.15, 0.2) is 11.2 Å². The molecule has 0 radical (unpaired) electrons. The summed E-state index contributed by atoms with van der Waals surface area (Å²) in [6, 6.07) is 0. The van der Waals surface area contributed by atoms with Crippen molar-refractivity contribution in [3.05, 3.63) is 0 Å². The van der Waals surface area contributed by atoms with Gasteiger partial charge in [-0.05, 0) is 38.5 Å². The number of carboxylic acid groups (broad SMARTS) is 6. The zero-order chi connectivity index (χ0) is 30.9. The van der Waals surface area contributed by atoms with Crippen LogP contribution in [-0.2, 0) is 87.2 Å². The molecule has 0 bridgehead atoms. The van der Waals surface area contributed by atoms with E-state index in [1.54, 1.807) is 0 Å². The molecule has 0 aromatic carbocycles. The molecule has 4 unspecified atom stereocenters. The van der Waals surface area contributed by atoms with E-state index in [0.29, 0.717) is 0 Å². The molecule has 0 aromatic heterocycles. The van der Waals surface area contributed by atoms with Crippen molar-refractivity contribution in [3.63, 3.8) is 0 Å². The molecule has 41 heavy (non-hydrogen) atoms. The van der Waals surface area contributed by atoms with Gasteiger partial charge in [0.2, 0.25) is 0 Å². The van der Waals surface area contributed by atoms with Gasteiger partial charge in [-0.2, -0.15) is 0 Å². The van der Waals surface area contributed by atoms with E-state index in [9.17, 15) is 59.4 Å². The second-order valence-corrected chi connectivity index (χ2v) is 8.93. The molecule has 0 aliphatic rings. The molecule has 226 valence electrons. The summed E-state index contributed by atoms with van der Waals surface area (Å²) in [4.78, 5) is 68.1. The maximum absolute atomic E-state index is 11.5. The summed E-state index contributed by atoms with van der Waals surface area (Å²) in [5.74, 6) is -13.1. The van der Waals surface area contributed by atoms with Gasteiger partial charge in [-0.15, -0.1) is 0 Å². The Morgan fingerprint density at radius 1 is 0.463 bits per heavy atom. The number of carbonyl (C=O) groups is 6. The first kappa shape index (κ1) is 49.3. The fraction of sp³-hybridized carbons (Fsp3) is 0.750. The van der Waals surface area contributed by atoms with E-state index < -0.39 is 69.7 Å². The minimum atomic E-state index is -2.86. The van der Waals surface area contributed by atoms with E-state index >= 15 is 0 Å². The van der Waals surface area contributed by atoms with Gasteiger partial charge in [0.05, 0.1) is 11.8 Å². The van der Waals surface area contributed by atoms with Crippen LogP contribution in [-0.4, -0.2) is 87.9 Å². The SMILES string of the molecule is CCC(C(=O)O)C(O)(C(=O)O)C(CC)(CC)C(=O)O.CCC(C(=O)O)C(O)(C(=O)O)C(CC)(CC)C(=O)O.[Zn].[Zn].[Zn]. The topological polar surface area (TPSA) is 264 Å². The Hall–Kier alpha value is -1.39. The Balaban J connectivity index is -0.000000196. The third-order valence-corrected chi connectivity index (χ3v) is 7.77. The molecule has 0 amide bonds. The zero-order valence-corrected chi connectivity index (χ0v) is 33.4. The monoisotopic (exact) mass is 744 g/mol. The number of rotatable bonds is 16. The van der Waals surface area contributed by atoms with Crippen LogP contribution in [0.3, 0.4) is 0 Å². The van der Waals surface area contributed by atoms with Crippen LogP contribution >= 0.6 is 0 Å². The van der Waals surface area contributed by atoms with Crippen molar-refractivity contribution in [3.8, 4) is 0 Å². The van der Waals surface area contributed by atoms with E-state index in [-0.39, 0.29) is 97.0 Å². The summed E-state index contributed by atoms with van der Waals surface area (Å²) >= 11 is 0. The number of hydrogen-bond acceptors (Lipinski definition) is 8. The summed E-state index contributed by atoms with van der Waals surface area (Å²) in [6.45, 7) is 8.45. The molecule has 0 rings (SSSR count). The van der Waals surface area contributed by atoms with Crippen LogP contribution < -0.4 is 0 Å². The van der Waals surface area contributed by atoms with Gasteiger partial charge in [-0.3, -0.25) is 19.2 Å². The molecule has 0 aliphatic carbocycles. The smallest absolute Gasteiger partial charge is 0.337 e. The van der Waals surface area contributed by atoms with Crippen LogP contribution in [0.25, 0.3) is 0 Å². The number of carboxylic acids is 6. The third-order valence-electron chi connectivity index (χ3n) is 7.77. The maximum atomic E-state index is 11.5. The van der Waals surface area contributed by atoms with Crippen molar-refractivity contribution in [2.45, 2.75) is 91.3 Å². The second kappa shape index (κ2) is 19.7. The van der Waals surface area contributed by atoms with E-state index in [4.69, 9.17) is 10.2 Å². The molecule has 14 nitrogen and oxygen atoms in total. The zero-order valence-electron chi connectivity index (χ0n) is 24.5. The van der Waals surface area contributed by atoms with Crippen LogP contribution in [0.5, 0.6) is 0 Å². The van der Waals surface area contributed by atoms with Crippen molar-refractivity contribution in [2.75, 3.05) is 0 Å². The van der Waals surface area contributed by atoms with E-state index in [0.717, 1.165) is 0 Å². The Bertz CT molecular complexity index is 832. The van der Waals surface area contributed by atoms with Crippen LogP contribution in [0.1, 0.15) is 80.1 Å². The molecular weight excluding hydrogens is 708 g/mol. The van der Waals surface area contributed by atoms with Crippen molar-refractivity contribution >= 4 is 35.8 Å². The second-order valence-electron chi connectivity index (χ2n) is 8.93. The summed E-state index contributed by atoms with van der Waals surface area (Å²) < 4.78 is 0. The van der Waals surface area contributed by atoms with Gasteiger partial charge in [0, 0.05) is 58.4 Å². The van der Waals surface area contributed by atoms with Crippen LogP contribution in [0.2, 0.25) is 0 Å². The van der Waals surface area contributed by atoms with Crippen LogP contribution in [0.4, 0.5) is 0 Å². The molecule has 8 N–H and O–H groups in total. The van der Waals surface area contributed by atoms with E-state index in [2.05, 4.69) is 0 Å². The minimum absolute atomic E-state index is 0. The van der Waals surface area contributed by atoms with Crippen molar-refractivity contribution < 1.29 is 128 Å². The molecule has 0 heterocycles. The number of aliphatic hydroxyl groups is 2. The van der Waals surface area contributed by atoms with Gasteiger partial charge in [0.1, 0.15) is 10.8 Å². The summed E-state index contributed by atoms with van der Waals surface area (Å²) in [6.07, 6.45) is -1.13. The standard InChI is InChI=1S/2C12H20O7.3Zn/c2*1-4-7(8(13)14)12(19,10(17)18)11(5-2,6-3)9(15)16;;;/h2*7,19H,4-6H2,1-3H3,(H,13,14)(H,15,16)(H,17,18);;;. The molecule has 0 aliphatic heterocycles. The Labute approximate surface area is 276 Å². The fourth-order valence-corrected chi connectivity index (χ4v) is 5.18. The third kappa shape index (κ3) is 8.82. The predicted octanol–water partition coefficient (Wildman–Crippen LogP) is 1.60. The summed E-state index contributed by atoms with van der Waals surface area (Å²) in [5.41, 5.74) is -9.80. The first-order chi connectivity index (χ1) is 17.3. The minimum Gasteiger partial charge on any atom is -0.481 e. The van der Waals surface area contributed by atoms with Gasteiger partial charge in [-0.1, -0.05) is 41.5 Å². The molecule has 17 heteroatoms. The van der Waals surface area contributed by atoms with Crippen LogP contribution in [0, 0.1) is 22.7 Å². The molecule has 0 saturated heterocycles. The quantitative estimate of drug-likeness (QED) is 0.104. The molecule has 0 fully saturated rings. The Morgan fingerprint density at radius 2 is 0.659 bits per heavy atom. The molecule has 4 atom stereocenters. The number of hydrogen-bond donors (Lipinski definition) is 8. The van der Waals surface area contributed by atoms with Gasteiger partial charge < -0.3 is 40.9 Å². The first-order valence-corrected chi connectivity index (χ1v) is 12.1. The average Bonchev–Trinajstić information content (AvgIpc) is 2.81. The van der Waals surface area contributed by atoms with E-state index in [1.165, 1.54) is 41.5 Å².